The number of nitrogens with one attached hydrogen (secondary N) is 2. The molecular formula is C11H21N3O. The molecule has 15 heavy (non-hydrogen) atoms. The lowest BCUT2D eigenvalue weighted by molar-refractivity contribution is -0.122. The minimum Gasteiger partial charge on any atom is -0.358 e. The van der Waals surface area contributed by atoms with Crippen molar-refractivity contribution >= 4 is 5.91 Å². The van der Waals surface area contributed by atoms with Crippen molar-refractivity contribution in [2.24, 2.45) is 11.8 Å². The second-order valence-corrected chi connectivity index (χ2v) is 4.66. The van der Waals surface area contributed by atoms with Gasteiger partial charge in [0.2, 0.25) is 5.91 Å². The monoisotopic (exact) mass is 211 g/mol. The molecule has 0 saturated carbocycles. The highest BCUT2D eigenvalue weighted by Crippen LogP contribution is 2.33. The summed E-state index contributed by atoms with van der Waals surface area (Å²) < 4.78 is 0. The molecule has 2 rings (SSSR count). The van der Waals surface area contributed by atoms with Gasteiger partial charge in [-0.3, -0.25) is 9.69 Å². The Morgan fingerprint density at radius 1 is 1.53 bits per heavy atom. The highest BCUT2D eigenvalue weighted by atomic mass is 16.1. The van der Waals surface area contributed by atoms with Gasteiger partial charge in [0.1, 0.15) is 0 Å². The number of likely N-dealkylation sites (tertiary alicyclic amines) is 1. The predicted molar refractivity (Wildman–Crippen MR) is 59.6 cm³/mol. The van der Waals surface area contributed by atoms with E-state index in [1.54, 1.807) is 7.05 Å². The van der Waals surface area contributed by atoms with Crippen molar-refractivity contribution < 1.29 is 4.79 Å². The van der Waals surface area contributed by atoms with Crippen LogP contribution in [0.5, 0.6) is 0 Å². The van der Waals surface area contributed by atoms with Gasteiger partial charge < -0.3 is 10.6 Å². The van der Waals surface area contributed by atoms with Gasteiger partial charge in [-0.2, -0.15) is 0 Å². The lowest BCUT2D eigenvalue weighted by atomic mass is 9.93. The fourth-order valence-corrected chi connectivity index (χ4v) is 3.12. The van der Waals surface area contributed by atoms with Crippen LogP contribution in [0.25, 0.3) is 0 Å². The van der Waals surface area contributed by atoms with Gasteiger partial charge in [-0.05, 0) is 31.3 Å². The molecule has 0 aromatic carbocycles. The van der Waals surface area contributed by atoms with Crippen molar-refractivity contribution in [1.82, 2.24) is 15.5 Å². The van der Waals surface area contributed by atoms with Gasteiger partial charge in [-0.15, -0.1) is 0 Å². The number of hydrogen-bond acceptors (Lipinski definition) is 3. The lowest BCUT2D eigenvalue weighted by Crippen LogP contribution is -2.41. The molecule has 0 radical (unpaired) electrons. The molecule has 2 heterocycles. The van der Waals surface area contributed by atoms with E-state index in [0.717, 1.165) is 37.9 Å². The number of rotatable bonds is 3. The van der Waals surface area contributed by atoms with Crippen LogP contribution in [0.4, 0.5) is 0 Å². The summed E-state index contributed by atoms with van der Waals surface area (Å²) in [6.45, 7) is 6.15. The summed E-state index contributed by atoms with van der Waals surface area (Å²) in [5.41, 5.74) is 0. The van der Waals surface area contributed by atoms with Gasteiger partial charge in [0, 0.05) is 19.6 Å². The molecule has 0 aromatic heterocycles. The fraction of sp³-hybridized carbons (Fsp3) is 0.909. The van der Waals surface area contributed by atoms with E-state index < -0.39 is 0 Å². The molecule has 4 heteroatoms. The molecule has 0 bridgehead atoms. The first kappa shape index (κ1) is 10.9. The van der Waals surface area contributed by atoms with Crippen LogP contribution in [0.1, 0.15) is 13.3 Å². The number of carbonyl (C=O) groups is 1. The largest absolute Gasteiger partial charge is 0.358 e. The highest BCUT2D eigenvalue weighted by molar-refractivity contribution is 5.77. The quantitative estimate of drug-likeness (QED) is 0.671. The lowest BCUT2D eigenvalue weighted by Gasteiger charge is -2.25. The minimum atomic E-state index is 0.140. The molecule has 2 fully saturated rings. The molecular weight excluding hydrogens is 190 g/mol. The van der Waals surface area contributed by atoms with Crippen molar-refractivity contribution in [2.75, 3.05) is 33.2 Å². The Kier molecular flexibility index (Phi) is 3.26. The van der Waals surface area contributed by atoms with Crippen molar-refractivity contribution in [3.8, 4) is 0 Å². The Morgan fingerprint density at radius 3 is 3.00 bits per heavy atom. The normalized spacial score (nSPS) is 35.5. The number of fused-ring (bicyclic) bond motifs is 1. The van der Waals surface area contributed by atoms with Gasteiger partial charge in [-0.25, -0.2) is 0 Å². The van der Waals surface area contributed by atoms with Crippen molar-refractivity contribution in [1.29, 1.82) is 0 Å². The zero-order chi connectivity index (χ0) is 10.8. The number of hydrogen-bond donors (Lipinski definition) is 2. The van der Waals surface area contributed by atoms with E-state index in [1.165, 1.54) is 0 Å². The van der Waals surface area contributed by atoms with Crippen LogP contribution in [-0.2, 0) is 4.79 Å². The maximum Gasteiger partial charge on any atom is 0.233 e. The van der Waals surface area contributed by atoms with E-state index in [0.29, 0.717) is 12.6 Å². The third-order valence-electron chi connectivity index (χ3n) is 3.87. The van der Waals surface area contributed by atoms with Crippen molar-refractivity contribution in [3.05, 3.63) is 0 Å². The first-order valence-corrected chi connectivity index (χ1v) is 5.91. The summed E-state index contributed by atoms with van der Waals surface area (Å²) in [6.07, 6.45) is 1.15. The molecule has 2 aliphatic heterocycles. The van der Waals surface area contributed by atoms with E-state index in [1.807, 2.05) is 0 Å². The summed E-state index contributed by atoms with van der Waals surface area (Å²) in [5.74, 6) is 1.67. The summed E-state index contributed by atoms with van der Waals surface area (Å²) in [4.78, 5) is 13.7. The molecule has 86 valence electrons. The molecule has 4 nitrogen and oxygen atoms in total. The van der Waals surface area contributed by atoms with Gasteiger partial charge in [0.15, 0.2) is 0 Å². The summed E-state index contributed by atoms with van der Waals surface area (Å²) >= 11 is 0. The molecule has 0 spiro atoms. The van der Waals surface area contributed by atoms with E-state index in [2.05, 4.69) is 22.5 Å². The van der Waals surface area contributed by atoms with Crippen molar-refractivity contribution in [2.45, 2.75) is 19.4 Å². The summed E-state index contributed by atoms with van der Waals surface area (Å²) in [5, 5.41) is 6.16. The van der Waals surface area contributed by atoms with Gasteiger partial charge in [-0.1, -0.05) is 6.92 Å². The Morgan fingerprint density at radius 2 is 2.33 bits per heavy atom. The second kappa shape index (κ2) is 4.49. The molecule has 3 unspecified atom stereocenters. The maximum atomic E-state index is 11.4. The van der Waals surface area contributed by atoms with Gasteiger partial charge in [0.25, 0.3) is 0 Å². The topological polar surface area (TPSA) is 44.4 Å². The Bertz CT molecular complexity index is 244. The van der Waals surface area contributed by atoms with Crippen molar-refractivity contribution in [3.63, 3.8) is 0 Å². The summed E-state index contributed by atoms with van der Waals surface area (Å²) in [7, 11) is 1.71. The highest BCUT2D eigenvalue weighted by Gasteiger charge is 2.43. The Hall–Kier alpha value is -0.610. The van der Waals surface area contributed by atoms with Crippen LogP contribution >= 0.6 is 0 Å². The predicted octanol–water partition coefficient (Wildman–Crippen LogP) is -0.338. The first-order valence-electron chi connectivity index (χ1n) is 5.91. The number of amides is 1. The number of nitrogens with zero attached hydrogens (tertiary/aromatic N) is 1. The molecule has 2 aliphatic rings. The van der Waals surface area contributed by atoms with Crippen LogP contribution in [-0.4, -0.2) is 50.1 Å². The van der Waals surface area contributed by atoms with Gasteiger partial charge >= 0.3 is 0 Å². The first-order chi connectivity index (χ1) is 7.26. The Labute approximate surface area is 91.4 Å². The third kappa shape index (κ3) is 2.01. The van der Waals surface area contributed by atoms with Crippen LogP contribution in [0.3, 0.4) is 0 Å². The molecule has 2 N–H and O–H groups in total. The van der Waals surface area contributed by atoms with Gasteiger partial charge in [0.05, 0.1) is 6.54 Å². The summed E-state index contributed by atoms with van der Waals surface area (Å²) in [6, 6.07) is 0.599. The van der Waals surface area contributed by atoms with E-state index in [4.69, 9.17) is 0 Å². The minimum absolute atomic E-state index is 0.140. The molecule has 1 amide bonds. The van der Waals surface area contributed by atoms with E-state index in [9.17, 15) is 4.79 Å². The molecule has 2 saturated heterocycles. The van der Waals surface area contributed by atoms with Crippen LogP contribution < -0.4 is 10.6 Å². The average molecular weight is 211 g/mol. The van der Waals surface area contributed by atoms with Crippen LogP contribution in [0, 0.1) is 11.8 Å². The second-order valence-electron chi connectivity index (χ2n) is 4.66. The standard InChI is InChI=1S/C11H21N3O/c1-3-10-9-5-13-4-8(9)6-14(10)7-11(15)12-2/h8-10,13H,3-7H2,1-2H3,(H,12,15). The van der Waals surface area contributed by atoms with Crippen LogP contribution in [0.2, 0.25) is 0 Å². The molecule has 3 atom stereocenters. The molecule has 0 aliphatic carbocycles. The number of likely N-dealkylation sites (N-methyl/N-ethyl adjacent to an activating group) is 1. The van der Waals surface area contributed by atoms with E-state index in [-0.39, 0.29) is 5.91 Å². The Balaban J connectivity index is 1.98. The molecule has 0 aromatic rings. The zero-order valence-electron chi connectivity index (χ0n) is 9.62. The fourth-order valence-electron chi connectivity index (χ4n) is 3.12. The number of carbonyl (C=O) groups excluding carboxylic acids is 1. The SMILES string of the molecule is CCC1C2CNCC2CN1CC(=O)NC. The third-order valence-corrected chi connectivity index (χ3v) is 3.87. The van der Waals surface area contributed by atoms with E-state index >= 15 is 0 Å². The van der Waals surface area contributed by atoms with Crippen LogP contribution in [0.15, 0.2) is 0 Å². The average Bonchev–Trinajstić information content (AvgIpc) is 2.77. The smallest absolute Gasteiger partial charge is 0.233 e. The zero-order valence-corrected chi connectivity index (χ0v) is 9.62. The maximum absolute atomic E-state index is 11.4.